The molecule has 1 saturated heterocycles. The van der Waals surface area contributed by atoms with Crippen molar-refractivity contribution < 1.29 is 13.5 Å². The molecule has 1 spiro atoms. The summed E-state index contributed by atoms with van der Waals surface area (Å²) >= 11 is 0. The maximum absolute atomic E-state index is 13.4. The van der Waals surface area contributed by atoms with E-state index in [4.69, 9.17) is 14.7 Å². The highest BCUT2D eigenvalue weighted by Crippen LogP contribution is 2.67. The fourth-order valence-corrected chi connectivity index (χ4v) is 5.17. The van der Waals surface area contributed by atoms with Crippen LogP contribution in [0.2, 0.25) is 0 Å². The zero-order valence-corrected chi connectivity index (χ0v) is 19.3. The van der Waals surface area contributed by atoms with Crippen molar-refractivity contribution in [2.75, 3.05) is 31.2 Å². The first-order valence-corrected chi connectivity index (χ1v) is 11.4. The molecule has 0 atom stereocenters. The Labute approximate surface area is 191 Å². The van der Waals surface area contributed by atoms with Gasteiger partial charge in [0.25, 0.3) is 0 Å². The highest BCUT2D eigenvalue weighted by molar-refractivity contribution is 5.75. The first kappa shape index (κ1) is 22.1. The lowest BCUT2D eigenvalue weighted by Crippen LogP contribution is -2.53. The SMILES string of the molecule is Cc1nc2nc(N3CCOCC3)nc(C3CC4(C3)CC(F)(F)C4)c2nc1C.Cn1cccn1. The van der Waals surface area contributed by atoms with Crippen LogP contribution in [-0.4, -0.2) is 61.9 Å². The highest BCUT2D eigenvalue weighted by Gasteiger charge is 2.62. The van der Waals surface area contributed by atoms with Crippen LogP contribution >= 0.6 is 0 Å². The Balaban J connectivity index is 0.000000332. The maximum atomic E-state index is 13.4. The van der Waals surface area contributed by atoms with E-state index in [-0.39, 0.29) is 24.2 Å². The van der Waals surface area contributed by atoms with E-state index < -0.39 is 5.92 Å². The number of anilines is 1. The Morgan fingerprint density at radius 3 is 2.27 bits per heavy atom. The molecule has 8 nitrogen and oxygen atoms in total. The van der Waals surface area contributed by atoms with Crippen LogP contribution in [0, 0.1) is 19.3 Å². The second-order valence-corrected chi connectivity index (χ2v) is 9.57. The van der Waals surface area contributed by atoms with Gasteiger partial charge in [-0.05, 0) is 38.2 Å². The molecule has 4 heterocycles. The number of rotatable bonds is 2. The van der Waals surface area contributed by atoms with Gasteiger partial charge in [-0.2, -0.15) is 10.1 Å². The molecular formula is C23H29F2N7O. The van der Waals surface area contributed by atoms with Gasteiger partial charge in [0.15, 0.2) is 5.65 Å². The third-order valence-electron chi connectivity index (χ3n) is 6.90. The third-order valence-corrected chi connectivity index (χ3v) is 6.90. The van der Waals surface area contributed by atoms with Gasteiger partial charge in [0.1, 0.15) is 5.52 Å². The summed E-state index contributed by atoms with van der Waals surface area (Å²) in [5, 5.41) is 3.83. The fraction of sp³-hybridized carbons (Fsp3) is 0.609. The Kier molecular flexibility index (Phi) is 5.50. The fourth-order valence-electron chi connectivity index (χ4n) is 5.17. The van der Waals surface area contributed by atoms with Crippen LogP contribution in [0.15, 0.2) is 18.5 Å². The van der Waals surface area contributed by atoms with Crippen molar-refractivity contribution in [3.63, 3.8) is 0 Å². The average Bonchev–Trinajstić information content (AvgIpc) is 3.22. The minimum atomic E-state index is -2.48. The summed E-state index contributed by atoms with van der Waals surface area (Å²) in [7, 11) is 1.89. The second-order valence-electron chi connectivity index (χ2n) is 9.57. The predicted molar refractivity (Wildman–Crippen MR) is 119 cm³/mol. The lowest BCUT2D eigenvalue weighted by molar-refractivity contribution is -0.196. The van der Waals surface area contributed by atoms with Gasteiger partial charge in [-0.3, -0.25) is 4.68 Å². The monoisotopic (exact) mass is 457 g/mol. The van der Waals surface area contributed by atoms with E-state index in [0.29, 0.717) is 24.8 Å². The highest BCUT2D eigenvalue weighted by atomic mass is 19.3. The topological polar surface area (TPSA) is 81.9 Å². The number of aromatic nitrogens is 6. The van der Waals surface area contributed by atoms with Crippen molar-refractivity contribution in [1.29, 1.82) is 0 Å². The van der Waals surface area contributed by atoms with Crippen molar-refractivity contribution in [2.24, 2.45) is 12.5 Å². The number of hydrogen-bond acceptors (Lipinski definition) is 7. The molecule has 0 N–H and O–H groups in total. The van der Waals surface area contributed by atoms with Gasteiger partial charge in [-0.15, -0.1) is 0 Å². The van der Waals surface area contributed by atoms with Crippen LogP contribution in [0.4, 0.5) is 14.7 Å². The number of aryl methyl sites for hydroxylation is 3. The molecule has 1 aliphatic heterocycles. The lowest BCUT2D eigenvalue weighted by atomic mass is 9.49. The molecule has 33 heavy (non-hydrogen) atoms. The van der Waals surface area contributed by atoms with Crippen molar-refractivity contribution in [1.82, 2.24) is 29.7 Å². The quantitative estimate of drug-likeness (QED) is 0.582. The van der Waals surface area contributed by atoms with Gasteiger partial charge in [-0.25, -0.2) is 23.7 Å². The molecule has 0 radical (unpaired) electrons. The zero-order valence-electron chi connectivity index (χ0n) is 19.3. The molecule has 176 valence electrons. The Morgan fingerprint density at radius 2 is 1.70 bits per heavy atom. The van der Waals surface area contributed by atoms with Gasteiger partial charge in [0.2, 0.25) is 11.9 Å². The summed E-state index contributed by atoms with van der Waals surface area (Å²) in [6.07, 6.45) is 5.18. The number of fused-ring (bicyclic) bond motifs is 1. The normalized spacial score (nSPS) is 21.3. The largest absolute Gasteiger partial charge is 0.378 e. The summed E-state index contributed by atoms with van der Waals surface area (Å²) < 4.78 is 33.9. The molecule has 3 fully saturated rings. The molecule has 10 heteroatoms. The Hall–Kier alpha value is -2.75. The van der Waals surface area contributed by atoms with E-state index in [1.54, 1.807) is 10.9 Å². The van der Waals surface area contributed by atoms with Crippen LogP contribution in [0.5, 0.6) is 0 Å². The third kappa shape index (κ3) is 4.40. The van der Waals surface area contributed by atoms with Crippen molar-refractivity contribution >= 4 is 17.1 Å². The molecular weight excluding hydrogens is 428 g/mol. The molecule has 2 aliphatic carbocycles. The van der Waals surface area contributed by atoms with Crippen LogP contribution in [0.25, 0.3) is 11.2 Å². The standard InChI is InChI=1S/C19H23F2N5O.C4H6N2/c1-11-12(2)23-16-15(22-11)14(13-7-18(8-13)9-19(20,21)10-18)24-17(25-16)26-3-5-27-6-4-26;1-6-4-2-3-5-6/h13H,3-10H2,1-2H3;2-4H,1H3. The summed E-state index contributed by atoms with van der Waals surface area (Å²) in [4.78, 5) is 21.0. The molecule has 3 aliphatic rings. The first-order chi connectivity index (χ1) is 15.7. The molecule has 0 unspecified atom stereocenters. The lowest BCUT2D eigenvalue weighted by Gasteiger charge is -2.57. The maximum Gasteiger partial charge on any atom is 0.249 e. The van der Waals surface area contributed by atoms with Crippen molar-refractivity contribution in [3.05, 3.63) is 35.5 Å². The molecule has 6 rings (SSSR count). The number of ether oxygens (including phenoxy) is 1. The summed E-state index contributed by atoms with van der Waals surface area (Å²) in [5.74, 6) is -1.67. The van der Waals surface area contributed by atoms with Crippen LogP contribution in [-0.2, 0) is 11.8 Å². The summed E-state index contributed by atoms with van der Waals surface area (Å²) in [6.45, 7) is 6.63. The minimum Gasteiger partial charge on any atom is -0.378 e. The Morgan fingerprint density at radius 1 is 1.00 bits per heavy atom. The van der Waals surface area contributed by atoms with Gasteiger partial charge in [0, 0.05) is 51.3 Å². The summed E-state index contributed by atoms with van der Waals surface area (Å²) in [6, 6.07) is 1.89. The molecule has 2 saturated carbocycles. The molecule has 3 aromatic heterocycles. The van der Waals surface area contributed by atoms with E-state index in [1.165, 1.54) is 0 Å². The van der Waals surface area contributed by atoms with Gasteiger partial charge in [-0.1, -0.05) is 0 Å². The predicted octanol–water partition coefficient (Wildman–Crippen LogP) is 3.59. The number of morpholine rings is 1. The molecule has 0 amide bonds. The van der Waals surface area contributed by atoms with Crippen LogP contribution < -0.4 is 4.90 Å². The summed E-state index contributed by atoms with van der Waals surface area (Å²) in [5.41, 5.74) is 3.71. The van der Waals surface area contributed by atoms with Crippen LogP contribution in [0.1, 0.15) is 48.7 Å². The number of nitrogens with zero attached hydrogens (tertiary/aromatic N) is 7. The van der Waals surface area contributed by atoms with Crippen LogP contribution in [0.3, 0.4) is 0 Å². The van der Waals surface area contributed by atoms with E-state index in [9.17, 15) is 8.78 Å². The first-order valence-electron chi connectivity index (χ1n) is 11.4. The van der Waals surface area contributed by atoms with Crippen molar-refractivity contribution in [2.45, 2.75) is 51.4 Å². The smallest absolute Gasteiger partial charge is 0.249 e. The Bertz CT molecular complexity index is 1130. The molecule has 0 aromatic carbocycles. The average molecular weight is 458 g/mol. The van der Waals surface area contributed by atoms with Gasteiger partial charge in [0.05, 0.1) is 30.3 Å². The van der Waals surface area contributed by atoms with E-state index >= 15 is 0 Å². The van der Waals surface area contributed by atoms with E-state index in [2.05, 4.69) is 20.0 Å². The van der Waals surface area contributed by atoms with E-state index in [0.717, 1.165) is 48.5 Å². The zero-order chi connectivity index (χ0) is 23.2. The minimum absolute atomic E-state index is 0.0135. The van der Waals surface area contributed by atoms with Gasteiger partial charge >= 0.3 is 0 Å². The molecule has 3 aromatic rings. The molecule has 0 bridgehead atoms. The second kappa shape index (κ2) is 8.23. The van der Waals surface area contributed by atoms with Gasteiger partial charge < -0.3 is 9.64 Å². The van der Waals surface area contributed by atoms with Crippen molar-refractivity contribution in [3.8, 4) is 0 Å². The number of alkyl halides is 2. The number of halogens is 2. The number of hydrogen-bond donors (Lipinski definition) is 0. The van der Waals surface area contributed by atoms with E-state index in [1.807, 2.05) is 33.2 Å².